The topological polar surface area (TPSA) is 30.5 Å². The van der Waals surface area contributed by atoms with Crippen LogP contribution in [0.25, 0.3) is 0 Å². The number of halogens is 1. The Labute approximate surface area is 120 Å². The van der Waals surface area contributed by atoms with Gasteiger partial charge in [-0.3, -0.25) is 0 Å². The van der Waals surface area contributed by atoms with Gasteiger partial charge in [-0.15, -0.1) is 0 Å². The predicted molar refractivity (Wildman–Crippen MR) is 80.3 cm³/mol. The van der Waals surface area contributed by atoms with E-state index in [2.05, 4.69) is 32.7 Å². The van der Waals surface area contributed by atoms with Gasteiger partial charge < -0.3 is 14.8 Å². The lowest BCUT2D eigenvalue weighted by Gasteiger charge is -2.21. The summed E-state index contributed by atoms with van der Waals surface area (Å²) in [5.74, 6) is 1.20. The van der Waals surface area contributed by atoms with Crippen molar-refractivity contribution in [2.75, 3.05) is 13.7 Å². The van der Waals surface area contributed by atoms with Crippen LogP contribution in [0.15, 0.2) is 24.8 Å². The van der Waals surface area contributed by atoms with Crippen molar-refractivity contribution in [3.05, 3.63) is 35.4 Å². The molecule has 0 saturated heterocycles. The monoisotopic (exact) mass is 283 g/mol. The van der Waals surface area contributed by atoms with Gasteiger partial charge in [-0.1, -0.05) is 24.3 Å². The molecule has 0 spiro atoms. The Morgan fingerprint density at radius 1 is 1.37 bits per heavy atom. The Kier molecular flexibility index (Phi) is 5.70. The molecule has 3 nitrogen and oxygen atoms in total. The first-order chi connectivity index (χ1) is 8.87. The van der Waals surface area contributed by atoms with Crippen LogP contribution in [0.3, 0.4) is 0 Å². The molecule has 106 valence electrons. The Bertz CT molecular complexity index is 439. The maximum atomic E-state index is 6.23. The molecule has 0 fully saturated rings. The highest BCUT2D eigenvalue weighted by atomic mass is 35.5. The largest absolute Gasteiger partial charge is 0.493 e. The lowest BCUT2D eigenvalue weighted by molar-refractivity contribution is 0.326. The molecular formula is C15H22ClNO2. The number of benzene rings is 1. The molecule has 4 heteroatoms. The summed E-state index contributed by atoms with van der Waals surface area (Å²) < 4.78 is 10.8. The van der Waals surface area contributed by atoms with Crippen LogP contribution in [0.1, 0.15) is 26.3 Å². The molecule has 1 aromatic carbocycles. The van der Waals surface area contributed by atoms with Gasteiger partial charge in [0.05, 0.1) is 12.1 Å². The van der Waals surface area contributed by atoms with Crippen molar-refractivity contribution in [1.82, 2.24) is 5.32 Å². The lowest BCUT2D eigenvalue weighted by atomic mass is 10.1. The number of rotatable bonds is 6. The highest BCUT2D eigenvalue weighted by molar-refractivity contribution is 6.32. The summed E-state index contributed by atoms with van der Waals surface area (Å²) in [5, 5.41) is 3.96. The smallest absolute Gasteiger partial charge is 0.180 e. The van der Waals surface area contributed by atoms with Crippen LogP contribution in [0.5, 0.6) is 11.5 Å². The van der Waals surface area contributed by atoms with Crippen molar-refractivity contribution in [1.29, 1.82) is 0 Å². The van der Waals surface area contributed by atoms with Crippen LogP contribution in [0.2, 0.25) is 5.02 Å². The van der Waals surface area contributed by atoms with E-state index < -0.39 is 0 Å². The highest BCUT2D eigenvalue weighted by Gasteiger charge is 2.13. The van der Waals surface area contributed by atoms with Crippen LogP contribution >= 0.6 is 11.6 Å². The molecule has 0 heterocycles. The fourth-order valence-electron chi connectivity index (χ4n) is 1.52. The summed E-state index contributed by atoms with van der Waals surface area (Å²) in [7, 11) is 1.60. The SMILES string of the molecule is C=CCOc1c(Cl)cc(CNC(C)(C)C)cc1OC. The van der Waals surface area contributed by atoms with Gasteiger partial charge in [0.1, 0.15) is 6.61 Å². The third-order valence-corrected chi connectivity index (χ3v) is 2.74. The predicted octanol–water partition coefficient (Wildman–Crippen LogP) is 3.80. The number of methoxy groups -OCH3 is 1. The van der Waals surface area contributed by atoms with Crippen molar-refractivity contribution in [2.24, 2.45) is 0 Å². The summed E-state index contributed by atoms with van der Waals surface area (Å²) in [6.45, 7) is 11.1. The lowest BCUT2D eigenvalue weighted by Crippen LogP contribution is -2.35. The molecule has 19 heavy (non-hydrogen) atoms. The quantitative estimate of drug-likeness (QED) is 0.806. The molecule has 1 rings (SSSR count). The standard InChI is InChI=1S/C15H22ClNO2/c1-6-7-19-14-12(16)8-11(9-13(14)18-5)10-17-15(2,3)4/h6,8-9,17H,1,7,10H2,2-5H3. The Balaban J connectivity index is 2.92. The zero-order valence-corrected chi connectivity index (χ0v) is 12.8. The van der Waals surface area contributed by atoms with Crippen LogP contribution in [-0.2, 0) is 6.54 Å². The van der Waals surface area contributed by atoms with E-state index in [0.717, 1.165) is 12.1 Å². The van der Waals surface area contributed by atoms with Gasteiger partial charge in [-0.2, -0.15) is 0 Å². The zero-order chi connectivity index (χ0) is 14.5. The van der Waals surface area contributed by atoms with Gasteiger partial charge in [0.2, 0.25) is 0 Å². The number of nitrogens with one attached hydrogen (secondary N) is 1. The Morgan fingerprint density at radius 2 is 2.05 bits per heavy atom. The molecule has 0 amide bonds. The molecule has 0 aliphatic rings. The molecule has 0 saturated carbocycles. The van der Waals surface area contributed by atoms with E-state index in [1.165, 1.54) is 0 Å². The fourth-order valence-corrected chi connectivity index (χ4v) is 1.81. The summed E-state index contributed by atoms with van der Waals surface area (Å²) in [6, 6.07) is 3.82. The van der Waals surface area contributed by atoms with Crippen molar-refractivity contribution in [3.63, 3.8) is 0 Å². The average molecular weight is 284 g/mol. The van der Waals surface area contributed by atoms with E-state index in [-0.39, 0.29) is 5.54 Å². The van der Waals surface area contributed by atoms with Gasteiger partial charge in [-0.25, -0.2) is 0 Å². The second kappa shape index (κ2) is 6.83. The minimum Gasteiger partial charge on any atom is -0.493 e. The molecule has 1 N–H and O–H groups in total. The van der Waals surface area contributed by atoms with E-state index in [1.807, 2.05) is 12.1 Å². The van der Waals surface area contributed by atoms with E-state index in [4.69, 9.17) is 21.1 Å². The average Bonchev–Trinajstić information content (AvgIpc) is 2.33. The Morgan fingerprint density at radius 3 is 2.58 bits per heavy atom. The second-order valence-electron chi connectivity index (χ2n) is 5.31. The van der Waals surface area contributed by atoms with Gasteiger partial charge >= 0.3 is 0 Å². The van der Waals surface area contributed by atoms with Crippen LogP contribution in [0, 0.1) is 0 Å². The summed E-state index contributed by atoms with van der Waals surface area (Å²) in [6.07, 6.45) is 1.67. The third-order valence-electron chi connectivity index (χ3n) is 2.46. The molecule has 0 aliphatic carbocycles. The molecule has 0 radical (unpaired) electrons. The zero-order valence-electron chi connectivity index (χ0n) is 12.0. The molecule has 0 aromatic heterocycles. The summed E-state index contributed by atoms with van der Waals surface area (Å²) in [5.41, 5.74) is 1.11. The third kappa shape index (κ3) is 5.13. The van der Waals surface area contributed by atoms with E-state index >= 15 is 0 Å². The van der Waals surface area contributed by atoms with Crippen molar-refractivity contribution < 1.29 is 9.47 Å². The maximum Gasteiger partial charge on any atom is 0.180 e. The first-order valence-corrected chi connectivity index (χ1v) is 6.60. The molecule has 0 atom stereocenters. The first-order valence-electron chi connectivity index (χ1n) is 6.22. The number of hydrogen-bond donors (Lipinski definition) is 1. The summed E-state index contributed by atoms with van der Waals surface area (Å²) >= 11 is 6.23. The minimum absolute atomic E-state index is 0.0533. The van der Waals surface area contributed by atoms with Crippen molar-refractivity contribution in [3.8, 4) is 11.5 Å². The van der Waals surface area contributed by atoms with E-state index in [1.54, 1.807) is 13.2 Å². The van der Waals surface area contributed by atoms with Crippen LogP contribution in [-0.4, -0.2) is 19.3 Å². The fraction of sp³-hybridized carbons (Fsp3) is 0.467. The van der Waals surface area contributed by atoms with E-state index in [9.17, 15) is 0 Å². The number of hydrogen-bond acceptors (Lipinski definition) is 3. The Hall–Kier alpha value is -1.19. The minimum atomic E-state index is 0.0533. The van der Waals surface area contributed by atoms with Crippen molar-refractivity contribution >= 4 is 11.6 Å². The first kappa shape index (κ1) is 15.9. The molecule has 1 aromatic rings. The van der Waals surface area contributed by atoms with Gasteiger partial charge in [0.15, 0.2) is 11.5 Å². The van der Waals surface area contributed by atoms with Gasteiger partial charge in [0.25, 0.3) is 0 Å². The maximum absolute atomic E-state index is 6.23. The molecule has 0 aliphatic heterocycles. The molecular weight excluding hydrogens is 262 g/mol. The van der Waals surface area contributed by atoms with Crippen LogP contribution < -0.4 is 14.8 Å². The molecule has 0 bridgehead atoms. The normalized spacial score (nSPS) is 11.2. The van der Waals surface area contributed by atoms with Gasteiger partial charge in [0, 0.05) is 12.1 Å². The highest BCUT2D eigenvalue weighted by Crippen LogP contribution is 2.36. The van der Waals surface area contributed by atoms with Crippen molar-refractivity contribution in [2.45, 2.75) is 32.9 Å². The number of ether oxygens (including phenoxy) is 2. The van der Waals surface area contributed by atoms with E-state index in [0.29, 0.717) is 23.1 Å². The molecule has 0 unspecified atom stereocenters. The second-order valence-corrected chi connectivity index (χ2v) is 5.72. The summed E-state index contributed by atoms with van der Waals surface area (Å²) in [4.78, 5) is 0. The van der Waals surface area contributed by atoms with Gasteiger partial charge in [-0.05, 0) is 38.5 Å². The van der Waals surface area contributed by atoms with Crippen LogP contribution in [0.4, 0.5) is 0 Å².